The number of benzene rings is 7. The van der Waals surface area contributed by atoms with Gasteiger partial charge in [-0.2, -0.15) is 9.97 Å². The topological polar surface area (TPSA) is 53.5 Å². The Morgan fingerprint density at radius 3 is 1.81 bits per heavy atom. The molecule has 4 heterocycles. The number of nitrogens with zero attached hydrogens (tertiary/aromatic N) is 6. The molecule has 1 aliphatic rings. The molecule has 0 saturated carbocycles. The minimum Gasteiger partial charge on any atom is -0.344 e. The average molecular weight is 745 g/mol. The lowest BCUT2D eigenvalue weighted by molar-refractivity contribution is 0.838. The highest BCUT2D eigenvalue weighted by Gasteiger charge is 2.23. The van der Waals surface area contributed by atoms with Crippen molar-refractivity contribution in [2.24, 2.45) is 7.05 Å². The summed E-state index contributed by atoms with van der Waals surface area (Å²) >= 11 is 0. The standard InChI is InChI=1S/C52H36N6/c1-56-44-22-9-5-20-40(44)42-32-49-43(31-48(42)56)41-21-8-10-23-45(41)57(49)37-17-13-16-36(30-37)51-53-50(35-28-26-34(27-29-35)33-14-3-2-4-15-33)54-52(55-51)58-46-24-11-6-18-38(46)39-19-7-12-25-47(39)58/h2-11,13-24,26-32H,12,25H2,1H3. The number of hydrogen-bond acceptors (Lipinski definition) is 3. The zero-order chi connectivity index (χ0) is 38.3. The predicted octanol–water partition coefficient (Wildman–Crippen LogP) is 12.5. The summed E-state index contributed by atoms with van der Waals surface area (Å²) in [6.45, 7) is 0. The van der Waals surface area contributed by atoms with Crippen LogP contribution in [0, 0.1) is 0 Å². The zero-order valence-electron chi connectivity index (χ0n) is 31.8. The van der Waals surface area contributed by atoms with E-state index in [9.17, 15) is 0 Å². The maximum atomic E-state index is 5.32. The van der Waals surface area contributed by atoms with Gasteiger partial charge in [0.1, 0.15) is 0 Å². The fourth-order valence-corrected chi connectivity index (χ4v) is 9.25. The predicted molar refractivity (Wildman–Crippen MR) is 239 cm³/mol. The highest BCUT2D eigenvalue weighted by molar-refractivity contribution is 6.18. The Hall–Kier alpha value is -7.57. The van der Waals surface area contributed by atoms with Crippen molar-refractivity contribution in [3.05, 3.63) is 181 Å². The van der Waals surface area contributed by atoms with Gasteiger partial charge in [-0.3, -0.25) is 4.57 Å². The molecule has 0 amide bonds. The molecule has 0 bridgehead atoms. The highest BCUT2D eigenvalue weighted by atomic mass is 15.2. The number of aromatic nitrogens is 6. The molecule has 1 aliphatic carbocycles. The van der Waals surface area contributed by atoms with Gasteiger partial charge in [0.15, 0.2) is 11.6 Å². The van der Waals surface area contributed by atoms with Crippen LogP contribution in [0.15, 0.2) is 170 Å². The second-order valence-corrected chi connectivity index (χ2v) is 15.2. The van der Waals surface area contributed by atoms with E-state index in [1.807, 2.05) is 6.07 Å². The first-order valence-electron chi connectivity index (χ1n) is 19.9. The van der Waals surface area contributed by atoms with Crippen LogP contribution in [0.2, 0.25) is 0 Å². The summed E-state index contributed by atoms with van der Waals surface area (Å²) in [6, 6.07) is 58.4. The largest absolute Gasteiger partial charge is 0.344 e. The van der Waals surface area contributed by atoms with Crippen molar-refractivity contribution < 1.29 is 0 Å². The molecule has 0 saturated heterocycles. The number of para-hydroxylation sites is 3. The Morgan fingerprint density at radius 1 is 0.431 bits per heavy atom. The fraction of sp³-hybridized carbons (Fsp3) is 0.0577. The molecule has 6 nitrogen and oxygen atoms in total. The van der Waals surface area contributed by atoms with E-state index in [2.05, 4.69) is 191 Å². The molecule has 12 rings (SSSR count). The molecule has 0 spiro atoms. The maximum Gasteiger partial charge on any atom is 0.238 e. The van der Waals surface area contributed by atoms with Crippen molar-refractivity contribution >= 4 is 60.6 Å². The van der Waals surface area contributed by atoms with E-state index < -0.39 is 0 Å². The number of fused-ring (bicyclic) bond motifs is 9. The molecule has 4 aromatic heterocycles. The number of rotatable bonds is 5. The van der Waals surface area contributed by atoms with E-state index >= 15 is 0 Å². The van der Waals surface area contributed by atoms with Gasteiger partial charge in [0.25, 0.3) is 0 Å². The molecule has 0 aliphatic heterocycles. The summed E-state index contributed by atoms with van der Waals surface area (Å²) < 4.78 is 6.96. The van der Waals surface area contributed by atoms with Crippen molar-refractivity contribution in [2.45, 2.75) is 12.8 Å². The van der Waals surface area contributed by atoms with Crippen LogP contribution in [0.25, 0.3) is 106 Å². The summed E-state index contributed by atoms with van der Waals surface area (Å²) in [7, 11) is 2.16. The molecule has 0 atom stereocenters. The van der Waals surface area contributed by atoms with Crippen molar-refractivity contribution in [2.75, 3.05) is 0 Å². The Kier molecular flexibility index (Phi) is 7.17. The monoisotopic (exact) mass is 744 g/mol. The van der Waals surface area contributed by atoms with Gasteiger partial charge in [-0.05, 0) is 66.4 Å². The van der Waals surface area contributed by atoms with Crippen LogP contribution in [0.1, 0.15) is 17.7 Å². The van der Waals surface area contributed by atoms with E-state index in [0.717, 1.165) is 51.8 Å². The molecular formula is C52H36N6. The molecular weight excluding hydrogens is 709 g/mol. The normalized spacial score (nSPS) is 12.7. The number of aryl methyl sites for hydroxylation is 1. The summed E-state index contributed by atoms with van der Waals surface area (Å²) in [6.07, 6.45) is 6.41. The Bertz CT molecular complexity index is 3450. The number of hydrogen-bond donors (Lipinski definition) is 0. The van der Waals surface area contributed by atoms with Crippen molar-refractivity contribution in [3.8, 4) is 45.5 Å². The third-order valence-corrected chi connectivity index (χ3v) is 12.0. The summed E-state index contributed by atoms with van der Waals surface area (Å²) in [5, 5.41) is 6.15. The van der Waals surface area contributed by atoms with E-state index in [4.69, 9.17) is 15.0 Å². The van der Waals surface area contributed by atoms with Gasteiger partial charge in [-0.25, -0.2) is 4.98 Å². The Labute approximate surface area is 334 Å². The Morgan fingerprint density at radius 2 is 1.02 bits per heavy atom. The van der Waals surface area contributed by atoms with E-state index in [1.165, 1.54) is 54.8 Å². The SMILES string of the molecule is Cn1c2ccccc2c2cc3c(cc21)c1ccccc1n3-c1cccc(-c2nc(-c3ccc(-c4ccccc4)cc3)nc(-n3c4c(c5ccccc53)C=CCC4)n2)c1. The van der Waals surface area contributed by atoms with Gasteiger partial charge in [0, 0.05) is 73.1 Å². The van der Waals surface area contributed by atoms with Crippen molar-refractivity contribution in [3.63, 3.8) is 0 Å². The molecule has 274 valence electrons. The zero-order valence-corrected chi connectivity index (χ0v) is 31.8. The molecule has 0 N–H and O–H groups in total. The lowest BCUT2D eigenvalue weighted by Gasteiger charge is -2.15. The molecule has 7 aromatic carbocycles. The third kappa shape index (κ3) is 4.95. The van der Waals surface area contributed by atoms with Crippen LogP contribution in [0.4, 0.5) is 0 Å². The van der Waals surface area contributed by atoms with Crippen LogP contribution in [0.5, 0.6) is 0 Å². The van der Waals surface area contributed by atoms with Gasteiger partial charge < -0.3 is 9.13 Å². The van der Waals surface area contributed by atoms with Crippen LogP contribution in [0.3, 0.4) is 0 Å². The minimum atomic E-state index is 0.625. The quantitative estimate of drug-likeness (QED) is 0.176. The van der Waals surface area contributed by atoms with Crippen LogP contribution < -0.4 is 0 Å². The lowest BCUT2D eigenvalue weighted by atomic mass is 10.0. The smallest absolute Gasteiger partial charge is 0.238 e. The van der Waals surface area contributed by atoms with Gasteiger partial charge in [0.05, 0.1) is 16.6 Å². The fourth-order valence-electron chi connectivity index (χ4n) is 9.25. The minimum absolute atomic E-state index is 0.625. The molecule has 6 heteroatoms. The van der Waals surface area contributed by atoms with Gasteiger partial charge in [-0.1, -0.05) is 133 Å². The third-order valence-electron chi connectivity index (χ3n) is 12.0. The highest BCUT2D eigenvalue weighted by Crippen LogP contribution is 2.39. The van der Waals surface area contributed by atoms with Crippen LogP contribution in [-0.4, -0.2) is 28.7 Å². The van der Waals surface area contributed by atoms with E-state index in [1.54, 1.807) is 0 Å². The van der Waals surface area contributed by atoms with Gasteiger partial charge in [-0.15, -0.1) is 0 Å². The first-order chi connectivity index (χ1) is 28.7. The van der Waals surface area contributed by atoms with Crippen molar-refractivity contribution in [1.29, 1.82) is 0 Å². The molecule has 0 radical (unpaired) electrons. The number of allylic oxidation sites excluding steroid dienone is 1. The lowest BCUT2D eigenvalue weighted by Crippen LogP contribution is -2.10. The van der Waals surface area contributed by atoms with Gasteiger partial charge in [0.2, 0.25) is 5.95 Å². The molecule has 0 fully saturated rings. The molecule has 0 unspecified atom stereocenters. The second kappa shape index (κ2) is 12.7. The first-order valence-corrected chi connectivity index (χ1v) is 19.9. The van der Waals surface area contributed by atoms with Crippen LogP contribution in [-0.2, 0) is 13.5 Å². The Balaban J connectivity index is 1.07. The summed E-state index contributed by atoms with van der Waals surface area (Å²) in [5.41, 5.74) is 13.6. The second-order valence-electron chi connectivity index (χ2n) is 15.2. The van der Waals surface area contributed by atoms with Crippen LogP contribution >= 0.6 is 0 Å². The molecule has 11 aromatic rings. The van der Waals surface area contributed by atoms with E-state index in [0.29, 0.717) is 17.6 Å². The van der Waals surface area contributed by atoms with Gasteiger partial charge >= 0.3 is 0 Å². The average Bonchev–Trinajstić information content (AvgIpc) is 3.91. The maximum absolute atomic E-state index is 5.32. The van der Waals surface area contributed by atoms with Crippen molar-refractivity contribution in [1.82, 2.24) is 28.7 Å². The van der Waals surface area contributed by atoms with E-state index in [-0.39, 0.29) is 0 Å². The first kappa shape index (κ1) is 32.7. The summed E-state index contributed by atoms with van der Waals surface area (Å²) in [5.74, 6) is 1.89. The summed E-state index contributed by atoms with van der Waals surface area (Å²) in [4.78, 5) is 15.8. The molecule has 58 heavy (non-hydrogen) atoms.